The number of aromatic nitrogens is 1. The number of hydrogen-bond donors (Lipinski definition) is 2. The Kier molecular flexibility index (Phi) is 4.54. The third kappa shape index (κ3) is 2.96. The Bertz CT molecular complexity index is 770. The summed E-state index contributed by atoms with van der Waals surface area (Å²) in [6.45, 7) is 8.88. The Morgan fingerprint density at radius 3 is 2.48 bits per heavy atom. The molecule has 4 aliphatic rings. The monoisotopic (exact) mass is 401 g/mol. The molecule has 9 atom stereocenters. The Morgan fingerprint density at radius 1 is 1.00 bits per heavy atom. The Balaban J connectivity index is 1.40. The molecule has 0 saturated heterocycles. The molecule has 5 rings (SSSR count). The van der Waals surface area contributed by atoms with Gasteiger partial charge in [-0.25, -0.2) is 0 Å². The number of hydrogen-bond acceptors (Lipinski definition) is 4. The van der Waals surface area contributed by atoms with Gasteiger partial charge >= 0.3 is 0 Å². The maximum absolute atomic E-state index is 10.7. The van der Waals surface area contributed by atoms with Crippen molar-refractivity contribution in [2.75, 3.05) is 0 Å². The van der Waals surface area contributed by atoms with Crippen LogP contribution in [0.5, 0.6) is 0 Å². The molecule has 4 saturated carbocycles. The van der Waals surface area contributed by atoms with E-state index in [-0.39, 0.29) is 0 Å². The molecular formula is C25H39NO3. The van der Waals surface area contributed by atoms with Crippen molar-refractivity contribution in [1.29, 1.82) is 0 Å². The highest BCUT2D eigenvalue weighted by molar-refractivity contribution is 5.21. The largest absolute Gasteiger partial charge is 0.390 e. The Hall–Kier alpha value is -0.870. The first-order chi connectivity index (χ1) is 13.6. The fourth-order valence-corrected chi connectivity index (χ4v) is 8.58. The number of aliphatic hydroxyl groups is 2. The van der Waals surface area contributed by atoms with Crippen molar-refractivity contribution >= 4 is 0 Å². The van der Waals surface area contributed by atoms with E-state index in [2.05, 4.69) is 25.9 Å². The normalized spacial score (nSPS) is 50.5. The molecule has 0 spiro atoms. The van der Waals surface area contributed by atoms with Crippen LogP contribution in [0.15, 0.2) is 10.6 Å². The van der Waals surface area contributed by atoms with E-state index < -0.39 is 11.7 Å². The molecule has 29 heavy (non-hydrogen) atoms. The number of fused-ring (bicyclic) bond motifs is 5. The average Bonchev–Trinajstić information content (AvgIpc) is 3.26. The van der Waals surface area contributed by atoms with Gasteiger partial charge in [0.2, 0.25) is 0 Å². The van der Waals surface area contributed by atoms with Crippen LogP contribution < -0.4 is 0 Å². The molecule has 1 aromatic heterocycles. The highest BCUT2D eigenvalue weighted by Gasteiger charge is 2.61. The third-order valence-corrected chi connectivity index (χ3v) is 10.3. The van der Waals surface area contributed by atoms with Gasteiger partial charge in [-0.05, 0) is 106 Å². The molecular weight excluding hydrogens is 362 g/mol. The van der Waals surface area contributed by atoms with Crippen molar-refractivity contribution in [2.45, 2.75) is 103 Å². The molecule has 1 heterocycles. The lowest BCUT2D eigenvalue weighted by Gasteiger charge is -2.61. The highest BCUT2D eigenvalue weighted by atomic mass is 16.5. The molecule has 4 fully saturated rings. The first-order valence-electron chi connectivity index (χ1n) is 12.0. The van der Waals surface area contributed by atoms with E-state index in [4.69, 9.17) is 4.52 Å². The van der Waals surface area contributed by atoms with E-state index in [1.165, 1.54) is 44.9 Å². The summed E-state index contributed by atoms with van der Waals surface area (Å²) in [4.78, 5) is 0. The van der Waals surface area contributed by atoms with Gasteiger partial charge in [0.25, 0.3) is 0 Å². The molecule has 2 N–H and O–H groups in total. The number of rotatable bonds is 2. The van der Waals surface area contributed by atoms with Crippen molar-refractivity contribution < 1.29 is 14.7 Å². The maximum Gasteiger partial charge on any atom is 0.165 e. The maximum atomic E-state index is 10.7. The second-order valence-electron chi connectivity index (χ2n) is 11.9. The van der Waals surface area contributed by atoms with Crippen LogP contribution in [-0.4, -0.2) is 21.0 Å². The first-order valence-corrected chi connectivity index (χ1v) is 12.0. The second-order valence-corrected chi connectivity index (χ2v) is 11.9. The molecule has 0 radical (unpaired) electrons. The van der Waals surface area contributed by atoms with Gasteiger partial charge in [-0.15, -0.1) is 0 Å². The predicted molar refractivity (Wildman–Crippen MR) is 112 cm³/mol. The van der Waals surface area contributed by atoms with Crippen LogP contribution >= 0.6 is 0 Å². The summed E-state index contributed by atoms with van der Waals surface area (Å²) < 4.78 is 5.45. The molecule has 1 aromatic rings. The lowest BCUT2D eigenvalue weighted by molar-refractivity contribution is -0.143. The summed E-state index contributed by atoms with van der Waals surface area (Å²) in [5, 5.41) is 24.9. The minimum absolute atomic E-state index is 0.303. The smallest absolute Gasteiger partial charge is 0.165 e. The second kappa shape index (κ2) is 6.56. The van der Waals surface area contributed by atoms with Gasteiger partial charge in [-0.1, -0.05) is 19.0 Å². The predicted octanol–water partition coefficient (Wildman–Crippen LogP) is 5.61. The zero-order valence-electron chi connectivity index (χ0n) is 18.7. The van der Waals surface area contributed by atoms with E-state index in [0.717, 1.165) is 36.3 Å². The minimum Gasteiger partial charge on any atom is -0.390 e. The zero-order valence-corrected chi connectivity index (χ0v) is 18.7. The molecule has 162 valence electrons. The van der Waals surface area contributed by atoms with Gasteiger partial charge in [0, 0.05) is 12.0 Å². The first kappa shape index (κ1) is 20.1. The molecule has 4 nitrogen and oxygen atoms in total. The van der Waals surface area contributed by atoms with Gasteiger partial charge < -0.3 is 14.7 Å². The SMILES string of the molecule is C[C@H](O)c1cc(C2CCC3C4CC[C@H]5C[C@](C)(O)CC[C@]5(C)C4CC[C@]23C)no1. The van der Waals surface area contributed by atoms with Gasteiger partial charge in [-0.2, -0.15) is 0 Å². The van der Waals surface area contributed by atoms with Crippen LogP contribution in [-0.2, 0) is 0 Å². The third-order valence-electron chi connectivity index (χ3n) is 10.3. The fraction of sp³-hybridized carbons (Fsp3) is 0.880. The summed E-state index contributed by atoms with van der Waals surface area (Å²) in [5.41, 5.74) is 1.33. The van der Waals surface area contributed by atoms with E-state index in [0.29, 0.717) is 28.4 Å². The molecule has 0 amide bonds. The topological polar surface area (TPSA) is 66.5 Å². The Labute approximate surface area is 175 Å². The summed E-state index contributed by atoms with van der Waals surface area (Å²) in [6, 6.07) is 2.01. The van der Waals surface area contributed by atoms with E-state index in [1.807, 2.05) is 6.07 Å². The van der Waals surface area contributed by atoms with Gasteiger partial charge in [0.05, 0.1) is 11.3 Å². The Morgan fingerprint density at radius 2 is 1.76 bits per heavy atom. The highest BCUT2D eigenvalue weighted by Crippen LogP contribution is 2.69. The van der Waals surface area contributed by atoms with Crippen molar-refractivity contribution in [3.63, 3.8) is 0 Å². The van der Waals surface area contributed by atoms with Crippen LogP contribution in [0.25, 0.3) is 0 Å². The van der Waals surface area contributed by atoms with Crippen LogP contribution in [0.1, 0.15) is 109 Å². The average molecular weight is 402 g/mol. The van der Waals surface area contributed by atoms with Gasteiger partial charge in [0.15, 0.2) is 5.76 Å². The summed E-state index contributed by atoms with van der Waals surface area (Å²) in [5.74, 6) is 4.17. The van der Waals surface area contributed by atoms with Crippen molar-refractivity contribution in [2.24, 2.45) is 34.5 Å². The number of aliphatic hydroxyl groups excluding tert-OH is 1. The standard InChI is InChI=1S/C25H39NO3/c1-15(27)22-13-21(26-29-22)20-8-7-18-17-6-5-16-14-23(2,28)11-12-24(16,3)19(17)9-10-25(18,20)4/h13,15-20,27-28H,5-12,14H2,1-4H3/t15-,16-,17?,18?,19?,20?,23+,24-,25-/m0/s1. The summed E-state index contributed by atoms with van der Waals surface area (Å²) in [6.07, 6.45) is 10.3. The van der Waals surface area contributed by atoms with Crippen molar-refractivity contribution in [3.8, 4) is 0 Å². The van der Waals surface area contributed by atoms with Crippen LogP contribution in [0.2, 0.25) is 0 Å². The van der Waals surface area contributed by atoms with Crippen LogP contribution in [0.4, 0.5) is 0 Å². The lowest BCUT2D eigenvalue weighted by atomic mass is 9.44. The molecule has 4 heteroatoms. The molecule has 4 aliphatic carbocycles. The zero-order chi connectivity index (χ0) is 20.6. The quantitative estimate of drug-likeness (QED) is 0.676. The van der Waals surface area contributed by atoms with Gasteiger partial charge in [-0.3, -0.25) is 0 Å². The molecule has 0 bridgehead atoms. The molecule has 0 aromatic carbocycles. The fourth-order valence-electron chi connectivity index (χ4n) is 8.58. The lowest BCUT2D eigenvalue weighted by Crippen LogP contribution is -2.55. The molecule has 4 unspecified atom stereocenters. The van der Waals surface area contributed by atoms with Gasteiger partial charge in [0.1, 0.15) is 6.10 Å². The van der Waals surface area contributed by atoms with Crippen molar-refractivity contribution in [1.82, 2.24) is 5.16 Å². The van der Waals surface area contributed by atoms with E-state index >= 15 is 0 Å². The summed E-state index contributed by atoms with van der Waals surface area (Å²) >= 11 is 0. The summed E-state index contributed by atoms with van der Waals surface area (Å²) in [7, 11) is 0. The molecule has 0 aliphatic heterocycles. The van der Waals surface area contributed by atoms with Crippen molar-refractivity contribution in [3.05, 3.63) is 17.5 Å². The van der Waals surface area contributed by atoms with E-state index in [1.54, 1.807) is 6.92 Å². The van der Waals surface area contributed by atoms with Crippen LogP contribution in [0, 0.1) is 34.5 Å². The minimum atomic E-state index is -0.587. The number of nitrogens with zero attached hydrogens (tertiary/aromatic N) is 1. The van der Waals surface area contributed by atoms with E-state index in [9.17, 15) is 10.2 Å². The van der Waals surface area contributed by atoms with Crippen LogP contribution in [0.3, 0.4) is 0 Å².